The van der Waals surface area contributed by atoms with Crippen molar-refractivity contribution in [3.63, 3.8) is 0 Å². The van der Waals surface area contributed by atoms with E-state index < -0.39 is 10.0 Å². The SMILES string of the molecule is CCCCN(C1CC1)S(=O)(=O)c1ccc(CCl)c(Cl)c1. The van der Waals surface area contributed by atoms with Gasteiger partial charge in [0, 0.05) is 23.5 Å². The minimum Gasteiger partial charge on any atom is -0.207 e. The Morgan fingerprint density at radius 1 is 1.35 bits per heavy atom. The summed E-state index contributed by atoms with van der Waals surface area (Å²) in [5.41, 5.74) is 0.749. The summed E-state index contributed by atoms with van der Waals surface area (Å²) in [4.78, 5) is 0.263. The zero-order valence-corrected chi connectivity index (χ0v) is 13.8. The van der Waals surface area contributed by atoms with E-state index in [1.807, 2.05) is 0 Å². The Balaban J connectivity index is 2.29. The summed E-state index contributed by atoms with van der Waals surface area (Å²) in [6.45, 7) is 2.64. The van der Waals surface area contributed by atoms with Crippen LogP contribution in [0.1, 0.15) is 38.2 Å². The van der Waals surface area contributed by atoms with Crippen LogP contribution in [0, 0.1) is 0 Å². The van der Waals surface area contributed by atoms with Crippen LogP contribution in [0.5, 0.6) is 0 Å². The summed E-state index contributed by atoms with van der Waals surface area (Å²) < 4.78 is 27.0. The van der Waals surface area contributed by atoms with Gasteiger partial charge in [-0.1, -0.05) is 31.0 Å². The number of benzene rings is 1. The maximum Gasteiger partial charge on any atom is 0.243 e. The molecule has 3 nitrogen and oxygen atoms in total. The number of halogens is 2. The van der Waals surface area contributed by atoms with Gasteiger partial charge in [0.25, 0.3) is 0 Å². The maximum absolute atomic E-state index is 12.7. The molecule has 0 radical (unpaired) electrons. The molecule has 112 valence electrons. The van der Waals surface area contributed by atoms with Crippen LogP contribution in [0.4, 0.5) is 0 Å². The van der Waals surface area contributed by atoms with Gasteiger partial charge < -0.3 is 0 Å². The molecule has 1 saturated carbocycles. The molecule has 20 heavy (non-hydrogen) atoms. The maximum atomic E-state index is 12.7. The monoisotopic (exact) mass is 335 g/mol. The highest BCUT2D eigenvalue weighted by atomic mass is 35.5. The Morgan fingerprint density at radius 2 is 2.05 bits per heavy atom. The molecule has 0 bridgehead atoms. The molecule has 1 fully saturated rings. The second-order valence-corrected chi connectivity index (χ2v) is 7.65. The van der Waals surface area contributed by atoms with Crippen molar-refractivity contribution in [1.82, 2.24) is 4.31 Å². The molecule has 6 heteroatoms. The Labute approximate surface area is 130 Å². The Bertz CT molecular complexity index is 571. The molecule has 0 spiro atoms. The van der Waals surface area contributed by atoms with Crippen molar-refractivity contribution >= 4 is 33.2 Å². The first-order valence-corrected chi connectivity index (χ1v) is 9.22. The molecule has 1 aromatic rings. The average Bonchev–Trinajstić information content (AvgIpc) is 3.23. The lowest BCUT2D eigenvalue weighted by atomic mass is 10.2. The summed E-state index contributed by atoms with van der Waals surface area (Å²) in [5.74, 6) is 0.279. The third kappa shape index (κ3) is 3.48. The van der Waals surface area contributed by atoms with E-state index in [1.165, 1.54) is 6.07 Å². The zero-order chi connectivity index (χ0) is 14.8. The second kappa shape index (κ2) is 6.65. The van der Waals surface area contributed by atoms with Crippen LogP contribution in [-0.2, 0) is 15.9 Å². The highest BCUT2D eigenvalue weighted by molar-refractivity contribution is 7.89. The van der Waals surface area contributed by atoms with Gasteiger partial charge in [0.15, 0.2) is 0 Å². The highest BCUT2D eigenvalue weighted by Crippen LogP contribution is 2.33. The van der Waals surface area contributed by atoms with Crippen LogP contribution in [-0.4, -0.2) is 25.3 Å². The average molecular weight is 336 g/mol. The van der Waals surface area contributed by atoms with E-state index in [-0.39, 0.29) is 16.8 Å². The van der Waals surface area contributed by atoms with Crippen molar-refractivity contribution in [2.75, 3.05) is 6.54 Å². The van der Waals surface area contributed by atoms with E-state index in [1.54, 1.807) is 16.4 Å². The van der Waals surface area contributed by atoms with E-state index in [0.29, 0.717) is 11.6 Å². The van der Waals surface area contributed by atoms with E-state index in [0.717, 1.165) is 31.2 Å². The van der Waals surface area contributed by atoms with E-state index >= 15 is 0 Å². The number of sulfonamides is 1. The summed E-state index contributed by atoms with van der Waals surface area (Å²) in [6, 6.07) is 4.96. The summed E-state index contributed by atoms with van der Waals surface area (Å²) in [5, 5.41) is 0.410. The second-order valence-electron chi connectivity index (χ2n) is 5.09. The molecule has 0 saturated heterocycles. The molecule has 0 N–H and O–H groups in total. The number of nitrogens with zero attached hydrogens (tertiary/aromatic N) is 1. The van der Waals surface area contributed by atoms with Gasteiger partial charge in [-0.25, -0.2) is 8.42 Å². The smallest absolute Gasteiger partial charge is 0.207 e. The standard InChI is InChI=1S/C14H19Cl2NO2S/c1-2-3-8-17(12-5-6-12)20(18,19)13-7-4-11(10-15)14(16)9-13/h4,7,9,12H,2-3,5-6,8,10H2,1H3. The molecule has 2 rings (SSSR count). The van der Waals surface area contributed by atoms with Crippen molar-refractivity contribution in [1.29, 1.82) is 0 Å². The van der Waals surface area contributed by atoms with Gasteiger partial charge in [-0.05, 0) is 37.0 Å². The topological polar surface area (TPSA) is 37.4 Å². The first kappa shape index (κ1) is 16.1. The fraction of sp³-hybridized carbons (Fsp3) is 0.571. The Hall–Kier alpha value is -0.290. The van der Waals surface area contributed by atoms with Crippen LogP contribution in [0.3, 0.4) is 0 Å². The summed E-state index contributed by atoms with van der Waals surface area (Å²) in [6.07, 6.45) is 3.76. The van der Waals surface area contributed by atoms with Crippen molar-refractivity contribution < 1.29 is 8.42 Å². The Kier molecular flexibility index (Phi) is 5.35. The van der Waals surface area contributed by atoms with Gasteiger partial charge in [-0.15, -0.1) is 11.6 Å². The molecule has 0 aromatic heterocycles. The minimum atomic E-state index is -3.45. The molecule has 0 heterocycles. The molecule has 1 aliphatic rings. The first-order valence-electron chi connectivity index (χ1n) is 6.87. The largest absolute Gasteiger partial charge is 0.243 e. The van der Waals surface area contributed by atoms with Crippen molar-refractivity contribution in [3.8, 4) is 0 Å². The molecule has 0 aliphatic heterocycles. The summed E-state index contributed by atoms with van der Waals surface area (Å²) >= 11 is 11.8. The normalized spacial score (nSPS) is 15.8. The third-order valence-corrected chi connectivity index (χ3v) is 6.05. The predicted molar refractivity (Wildman–Crippen MR) is 82.8 cm³/mol. The van der Waals surface area contributed by atoms with E-state index in [2.05, 4.69) is 6.92 Å². The molecule has 0 atom stereocenters. The van der Waals surface area contributed by atoms with Crippen molar-refractivity contribution in [2.24, 2.45) is 0 Å². The van der Waals surface area contributed by atoms with Gasteiger partial charge in [0.05, 0.1) is 4.90 Å². The third-order valence-electron chi connectivity index (χ3n) is 3.46. The minimum absolute atomic E-state index is 0.165. The fourth-order valence-corrected chi connectivity index (χ4v) is 4.47. The van der Waals surface area contributed by atoms with Crippen molar-refractivity contribution in [2.45, 2.75) is 49.4 Å². The first-order chi connectivity index (χ1) is 9.50. The predicted octanol–water partition coefficient (Wildman–Crippen LogP) is 4.03. The number of hydrogen-bond donors (Lipinski definition) is 0. The molecular weight excluding hydrogens is 317 g/mol. The van der Waals surface area contributed by atoms with Crippen LogP contribution >= 0.6 is 23.2 Å². The quantitative estimate of drug-likeness (QED) is 0.705. The molecule has 1 aromatic carbocycles. The van der Waals surface area contributed by atoms with Crippen LogP contribution in [0.25, 0.3) is 0 Å². The lowest BCUT2D eigenvalue weighted by Gasteiger charge is -2.22. The van der Waals surface area contributed by atoms with E-state index in [9.17, 15) is 8.42 Å². The van der Waals surface area contributed by atoms with Gasteiger partial charge in [-0.2, -0.15) is 4.31 Å². The van der Waals surface area contributed by atoms with Crippen LogP contribution in [0.2, 0.25) is 5.02 Å². The number of unbranched alkanes of at least 4 members (excludes halogenated alkanes) is 1. The van der Waals surface area contributed by atoms with Gasteiger partial charge >= 0.3 is 0 Å². The zero-order valence-electron chi connectivity index (χ0n) is 11.5. The number of hydrogen-bond acceptors (Lipinski definition) is 2. The molecule has 0 unspecified atom stereocenters. The van der Waals surface area contributed by atoms with Gasteiger partial charge in [0.1, 0.15) is 0 Å². The molecular formula is C14H19Cl2NO2S. The fourth-order valence-electron chi connectivity index (χ4n) is 2.11. The number of alkyl halides is 1. The highest BCUT2D eigenvalue weighted by Gasteiger charge is 2.37. The van der Waals surface area contributed by atoms with Gasteiger partial charge in [-0.3, -0.25) is 0 Å². The van der Waals surface area contributed by atoms with Crippen molar-refractivity contribution in [3.05, 3.63) is 28.8 Å². The summed E-state index contributed by atoms with van der Waals surface area (Å²) in [7, 11) is -3.45. The van der Waals surface area contributed by atoms with Gasteiger partial charge in [0.2, 0.25) is 10.0 Å². The lowest BCUT2D eigenvalue weighted by molar-refractivity contribution is 0.395. The van der Waals surface area contributed by atoms with E-state index in [4.69, 9.17) is 23.2 Å². The van der Waals surface area contributed by atoms with Crippen LogP contribution < -0.4 is 0 Å². The van der Waals surface area contributed by atoms with Crippen LogP contribution in [0.15, 0.2) is 23.1 Å². The number of rotatable bonds is 7. The molecule has 1 aliphatic carbocycles. The molecule has 0 amide bonds. The lowest BCUT2D eigenvalue weighted by Crippen LogP contribution is -2.34. The Morgan fingerprint density at radius 3 is 2.55 bits per heavy atom.